The second-order valence-electron chi connectivity index (χ2n) is 5.25. The molecule has 0 saturated heterocycles. The smallest absolute Gasteiger partial charge is 0.163 e. The fraction of sp³-hybridized carbons (Fsp3) is 0.533. The van der Waals surface area contributed by atoms with E-state index in [1.807, 2.05) is 6.92 Å². The summed E-state index contributed by atoms with van der Waals surface area (Å²) >= 11 is 0. The van der Waals surface area contributed by atoms with Gasteiger partial charge in [0.15, 0.2) is 5.78 Å². The third-order valence-electron chi connectivity index (χ3n) is 2.82. The molecule has 0 aliphatic carbocycles. The number of carbonyl (C=O) groups is 1. The molecule has 0 aromatic heterocycles. The molecule has 0 N–H and O–H groups in total. The van der Waals surface area contributed by atoms with E-state index < -0.39 is 0 Å². The van der Waals surface area contributed by atoms with Crippen LogP contribution >= 0.6 is 0 Å². The lowest BCUT2D eigenvalue weighted by Gasteiger charge is -2.11. The average molecular weight is 218 g/mol. The first-order valence-electron chi connectivity index (χ1n) is 6.05. The Morgan fingerprint density at radius 3 is 2.31 bits per heavy atom. The molecule has 0 aliphatic heterocycles. The predicted molar refractivity (Wildman–Crippen MR) is 69.1 cm³/mol. The van der Waals surface area contributed by atoms with Gasteiger partial charge in [0.05, 0.1) is 0 Å². The molecule has 0 bridgehead atoms. The fourth-order valence-electron chi connectivity index (χ4n) is 1.78. The molecule has 1 heteroatoms. The molecule has 0 radical (unpaired) electrons. The van der Waals surface area contributed by atoms with Gasteiger partial charge in [-0.15, -0.1) is 0 Å². The first-order valence-corrected chi connectivity index (χ1v) is 6.05. The van der Waals surface area contributed by atoms with E-state index >= 15 is 0 Å². The Balaban J connectivity index is 3.02. The fourth-order valence-corrected chi connectivity index (χ4v) is 1.78. The summed E-state index contributed by atoms with van der Waals surface area (Å²) < 4.78 is 0. The highest BCUT2D eigenvalue weighted by Gasteiger charge is 2.12. The largest absolute Gasteiger partial charge is 0.294 e. The number of benzene rings is 1. The van der Waals surface area contributed by atoms with Gasteiger partial charge >= 0.3 is 0 Å². The Hall–Kier alpha value is -1.11. The molecule has 16 heavy (non-hydrogen) atoms. The zero-order valence-corrected chi connectivity index (χ0v) is 11.0. The summed E-state index contributed by atoms with van der Waals surface area (Å²) in [6, 6.07) is 6.24. The Bertz CT molecular complexity index is 375. The monoisotopic (exact) mass is 218 g/mol. The molecule has 1 aromatic carbocycles. The molecule has 0 aliphatic rings. The summed E-state index contributed by atoms with van der Waals surface area (Å²) in [4.78, 5) is 12.1. The number of Topliss-reactive ketones (excluding diaryl/α,β-unsaturated/α-hetero) is 1. The summed E-state index contributed by atoms with van der Waals surface area (Å²) in [7, 11) is 0. The van der Waals surface area contributed by atoms with Crippen LogP contribution in [0.1, 0.15) is 61.5 Å². The van der Waals surface area contributed by atoms with Crippen molar-refractivity contribution in [3.8, 4) is 0 Å². The van der Waals surface area contributed by atoms with Crippen LogP contribution in [0.25, 0.3) is 0 Å². The van der Waals surface area contributed by atoms with E-state index in [4.69, 9.17) is 0 Å². The van der Waals surface area contributed by atoms with Crippen molar-refractivity contribution in [3.63, 3.8) is 0 Å². The SMILES string of the molecule is Cc1ccc(C(C)C)cc1C(=O)CC(C)C. The summed E-state index contributed by atoms with van der Waals surface area (Å²) in [5.74, 6) is 1.18. The Morgan fingerprint density at radius 2 is 1.81 bits per heavy atom. The summed E-state index contributed by atoms with van der Waals surface area (Å²) in [6.45, 7) is 10.5. The predicted octanol–water partition coefficient (Wildman–Crippen LogP) is 4.35. The van der Waals surface area contributed by atoms with Gasteiger partial charge in [0.25, 0.3) is 0 Å². The van der Waals surface area contributed by atoms with Crippen LogP contribution in [0.15, 0.2) is 18.2 Å². The number of carbonyl (C=O) groups excluding carboxylic acids is 1. The highest BCUT2D eigenvalue weighted by Crippen LogP contribution is 2.20. The molecule has 1 rings (SSSR count). The lowest BCUT2D eigenvalue weighted by molar-refractivity contribution is 0.0967. The third-order valence-corrected chi connectivity index (χ3v) is 2.82. The van der Waals surface area contributed by atoms with E-state index in [1.54, 1.807) is 0 Å². The topological polar surface area (TPSA) is 17.1 Å². The molecule has 0 atom stereocenters. The average Bonchev–Trinajstić information content (AvgIpc) is 2.16. The van der Waals surface area contributed by atoms with Gasteiger partial charge in [0.2, 0.25) is 0 Å². The lowest BCUT2D eigenvalue weighted by atomic mass is 9.93. The first-order chi connectivity index (χ1) is 7.41. The van der Waals surface area contributed by atoms with Gasteiger partial charge in [-0.25, -0.2) is 0 Å². The zero-order chi connectivity index (χ0) is 12.3. The van der Waals surface area contributed by atoms with Gasteiger partial charge in [0, 0.05) is 12.0 Å². The number of hydrogen-bond donors (Lipinski definition) is 0. The minimum atomic E-state index is 0.273. The molecule has 88 valence electrons. The van der Waals surface area contributed by atoms with Gasteiger partial charge in [-0.3, -0.25) is 4.79 Å². The van der Waals surface area contributed by atoms with Crippen LogP contribution in [0.2, 0.25) is 0 Å². The molecular weight excluding hydrogens is 196 g/mol. The van der Waals surface area contributed by atoms with Gasteiger partial charge in [-0.1, -0.05) is 39.8 Å². The Morgan fingerprint density at radius 1 is 1.19 bits per heavy atom. The van der Waals surface area contributed by atoms with Crippen LogP contribution in [-0.2, 0) is 0 Å². The van der Waals surface area contributed by atoms with Crippen LogP contribution in [0.4, 0.5) is 0 Å². The van der Waals surface area contributed by atoms with Gasteiger partial charge < -0.3 is 0 Å². The minimum absolute atomic E-state index is 0.273. The van der Waals surface area contributed by atoms with E-state index in [1.165, 1.54) is 5.56 Å². The van der Waals surface area contributed by atoms with E-state index in [9.17, 15) is 4.79 Å². The number of hydrogen-bond acceptors (Lipinski definition) is 1. The zero-order valence-electron chi connectivity index (χ0n) is 11.0. The van der Waals surface area contributed by atoms with Crippen molar-refractivity contribution in [2.24, 2.45) is 5.92 Å². The maximum Gasteiger partial charge on any atom is 0.163 e. The number of rotatable bonds is 4. The third kappa shape index (κ3) is 3.19. The van der Waals surface area contributed by atoms with E-state index in [2.05, 4.69) is 45.9 Å². The minimum Gasteiger partial charge on any atom is -0.294 e. The molecule has 0 unspecified atom stereocenters. The van der Waals surface area contributed by atoms with Crippen LogP contribution in [-0.4, -0.2) is 5.78 Å². The van der Waals surface area contributed by atoms with E-state index in [0.29, 0.717) is 18.3 Å². The molecule has 0 heterocycles. The van der Waals surface area contributed by atoms with Crippen molar-refractivity contribution in [2.45, 2.75) is 47.0 Å². The maximum absolute atomic E-state index is 12.1. The molecule has 0 saturated carbocycles. The second kappa shape index (κ2) is 5.29. The van der Waals surface area contributed by atoms with Crippen molar-refractivity contribution in [2.75, 3.05) is 0 Å². The highest BCUT2D eigenvalue weighted by atomic mass is 16.1. The number of ketones is 1. The van der Waals surface area contributed by atoms with E-state index in [-0.39, 0.29) is 5.78 Å². The number of aryl methyl sites for hydroxylation is 1. The van der Waals surface area contributed by atoms with Crippen molar-refractivity contribution in [3.05, 3.63) is 34.9 Å². The Labute approximate surface area is 98.9 Å². The maximum atomic E-state index is 12.1. The van der Waals surface area contributed by atoms with Gasteiger partial charge in [-0.05, 0) is 36.0 Å². The van der Waals surface area contributed by atoms with Crippen LogP contribution in [0.3, 0.4) is 0 Å². The molecule has 1 nitrogen and oxygen atoms in total. The Kier molecular flexibility index (Phi) is 4.28. The van der Waals surface area contributed by atoms with Crippen molar-refractivity contribution in [1.82, 2.24) is 0 Å². The quantitative estimate of drug-likeness (QED) is 0.687. The molecule has 1 aromatic rings. The van der Waals surface area contributed by atoms with Crippen molar-refractivity contribution < 1.29 is 4.79 Å². The lowest BCUT2D eigenvalue weighted by Crippen LogP contribution is -2.06. The molecule has 0 amide bonds. The molecule has 0 fully saturated rings. The van der Waals surface area contributed by atoms with E-state index in [0.717, 1.165) is 11.1 Å². The summed E-state index contributed by atoms with van der Waals surface area (Å²) in [6.07, 6.45) is 0.641. The summed E-state index contributed by atoms with van der Waals surface area (Å²) in [5.41, 5.74) is 3.24. The second-order valence-corrected chi connectivity index (χ2v) is 5.25. The van der Waals surface area contributed by atoms with Crippen molar-refractivity contribution in [1.29, 1.82) is 0 Å². The van der Waals surface area contributed by atoms with Crippen LogP contribution in [0.5, 0.6) is 0 Å². The van der Waals surface area contributed by atoms with Crippen molar-refractivity contribution >= 4 is 5.78 Å². The van der Waals surface area contributed by atoms with Gasteiger partial charge in [-0.2, -0.15) is 0 Å². The summed E-state index contributed by atoms with van der Waals surface area (Å²) in [5, 5.41) is 0. The first kappa shape index (κ1) is 13.0. The standard InChI is InChI=1S/C15H22O/c1-10(2)8-15(16)14-9-13(11(3)4)7-6-12(14)5/h6-7,9-11H,8H2,1-5H3. The molecule has 0 spiro atoms. The van der Waals surface area contributed by atoms with Crippen LogP contribution in [0, 0.1) is 12.8 Å². The van der Waals surface area contributed by atoms with Crippen LogP contribution < -0.4 is 0 Å². The van der Waals surface area contributed by atoms with Gasteiger partial charge in [0.1, 0.15) is 0 Å². The normalized spacial score (nSPS) is 11.2. The molecular formula is C15H22O. The highest BCUT2D eigenvalue weighted by molar-refractivity contribution is 5.97.